The Labute approximate surface area is 158 Å². The number of methoxy groups -OCH3 is 1. The van der Waals surface area contributed by atoms with E-state index in [1.807, 2.05) is 31.2 Å². The van der Waals surface area contributed by atoms with Gasteiger partial charge in [0.2, 0.25) is 0 Å². The molecular weight excluding hydrogens is 429 g/mol. The van der Waals surface area contributed by atoms with E-state index in [2.05, 4.69) is 20.5 Å². The summed E-state index contributed by atoms with van der Waals surface area (Å²) in [6.45, 7) is 3.72. The summed E-state index contributed by atoms with van der Waals surface area (Å²) in [5.41, 5.74) is 1.05. The molecule has 24 heavy (non-hydrogen) atoms. The number of nitrogens with one attached hydrogen (secondary N) is 2. The predicted octanol–water partition coefficient (Wildman–Crippen LogP) is 2.71. The molecule has 0 bridgehead atoms. The van der Waals surface area contributed by atoms with Crippen LogP contribution >= 0.6 is 24.0 Å². The van der Waals surface area contributed by atoms with Gasteiger partial charge in [-0.1, -0.05) is 12.1 Å². The van der Waals surface area contributed by atoms with Gasteiger partial charge in [0, 0.05) is 25.7 Å². The molecule has 0 saturated carbocycles. The molecule has 1 fully saturated rings. The maximum Gasteiger partial charge on any atom is 0.257 e. The van der Waals surface area contributed by atoms with Crippen LogP contribution in [0.4, 0.5) is 14.5 Å². The van der Waals surface area contributed by atoms with E-state index in [1.54, 1.807) is 7.11 Å². The van der Waals surface area contributed by atoms with E-state index < -0.39 is 13.0 Å². The molecule has 1 aromatic rings. The molecule has 1 aliphatic rings. The molecule has 5 nitrogen and oxygen atoms in total. The lowest BCUT2D eigenvalue weighted by Gasteiger charge is -2.22. The van der Waals surface area contributed by atoms with Crippen LogP contribution in [-0.2, 0) is 0 Å². The SMILES string of the molecule is CCNC(=NCC(F)F)NC1CCN(c2ccccc2OC)C1.I. The van der Waals surface area contributed by atoms with Gasteiger partial charge >= 0.3 is 0 Å². The lowest BCUT2D eigenvalue weighted by Crippen LogP contribution is -2.44. The molecule has 8 heteroatoms. The summed E-state index contributed by atoms with van der Waals surface area (Å²) in [5.74, 6) is 1.28. The van der Waals surface area contributed by atoms with Gasteiger partial charge in [0.25, 0.3) is 6.43 Å². The van der Waals surface area contributed by atoms with E-state index in [0.29, 0.717) is 12.5 Å². The molecule has 1 heterocycles. The highest BCUT2D eigenvalue weighted by molar-refractivity contribution is 14.0. The van der Waals surface area contributed by atoms with Crippen LogP contribution in [0.15, 0.2) is 29.3 Å². The molecule has 0 amide bonds. The Kier molecular flexibility index (Phi) is 9.09. The van der Waals surface area contributed by atoms with Crippen molar-refractivity contribution in [2.24, 2.45) is 4.99 Å². The standard InChI is InChI=1S/C16H24F2N4O.HI/c1-3-19-16(20-10-15(17)18)21-12-8-9-22(11-12)13-6-4-5-7-14(13)23-2;/h4-7,12,15H,3,8-11H2,1-2H3,(H2,19,20,21);1H. The van der Waals surface area contributed by atoms with Crippen LogP contribution in [0.1, 0.15) is 13.3 Å². The van der Waals surface area contributed by atoms with E-state index in [1.165, 1.54) is 0 Å². The summed E-state index contributed by atoms with van der Waals surface area (Å²) in [5, 5.41) is 6.24. The molecule has 2 N–H and O–H groups in total. The van der Waals surface area contributed by atoms with Crippen molar-refractivity contribution in [3.8, 4) is 5.75 Å². The van der Waals surface area contributed by atoms with Crippen LogP contribution in [0.25, 0.3) is 0 Å². The van der Waals surface area contributed by atoms with Gasteiger partial charge in [0.1, 0.15) is 12.3 Å². The molecule has 136 valence electrons. The second-order valence-corrected chi connectivity index (χ2v) is 5.36. The number of halogens is 3. The first-order valence-corrected chi connectivity index (χ1v) is 7.85. The average Bonchev–Trinajstić information content (AvgIpc) is 3.01. The van der Waals surface area contributed by atoms with E-state index in [9.17, 15) is 8.78 Å². The molecule has 1 aliphatic heterocycles. The van der Waals surface area contributed by atoms with Gasteiger partial charge in [-0.05, 0) is 25.5 Å². The van der Waals surface area contributed by atoms with Gasteiger partial charge < -0.3 is 20.3 Å². The summed E-state index contributed by atoms with van der Waals surface area (Å²) < 4.78 is 30.1. The number of anilines is 1. The molecule has 0 radical (unpaired) electrons. The minimum absolute atomic E-state index is 0. The number of hydrogen-bond acceptors (Lipinski definition) is 3. The van der Waals surface area contributed by atoms with Crippen LogP contribution in [-0.4, -0.2) is 51.7 Å². The quantitative estimate of drug-likeness (QED) is 0.395. The second-order valence-electron chi connectivity index (χ2n) is 5.36. The maximum atomic E-state index is 12.3. The Morgan fingerprint density at radius 2 is 2.17 bits per heavy atom. The lowest BCUT2D eigenvalue weighted by molar-refractivity contribution is 0.158. The van der Waals surface area contributed by atoms with Crippen LogP contribution in [0.5, 0.6) is 5.75 Å². The zero-order chi connectivity index (χ0) is 16.7. The minimum atomic E-state index is -2.43. The fourth-order valence-electron chi connectivity index (χ4n) is 2.66. The van der Waals surface area contributed by atoms with Gasteiger partial charge in [-0.3, -0.25) is 0 Å². The van der Waals surface area contributed by atoms with Crippen molar-refractivity contribution in [2.45, 2.75) is 25.8 Å². The molecule has 0 aromatic heterocycles. The number of ether oxygens (including phenoxy) is 1. The number of aliphatic imine (C=N–C) groups is 1. The van der Waals surface area contributed by atoms with Gasteiger partial charge in [0.05, 0.1) is 12.8 Å². The molecule has 1 unspecified atom stereocenters. The van der Waals surface area contributed by atoms with Crippen molar-refractivity contribution in [3.63, 3.8) is 0 Å². The number of rotatable bonds is 6. The average molecular weight is 454 g/mol. The van der Waals surface area contributed by atoms with Gasteiger partial charge in [-0.25, -0.2) is 13.8 Å². The first-order valence-electron chi connectivity index (χ1n) is 7.85. The van der Waals surface area contributed by atoms with E-state index >= 15 is 0 Å². The number of para-hydroxylation sites is 2. The van der Waals surface area contributed by atoms with Crippen LogP contribution in [0.3, 0.4) is 0 Å². The molecule has 0 aliphatic carbocycles. The zero-order valence-corrected chi connectivity index (χ0v) is 16.3. The second kappa shape index (κ2) is 10.5. The zero-order valence-electron chi connectivity index (χ0n) is 14.0. The van der Waals surface area contributed by atoms with Crippen molar-refractivity contribution >= 4 is 35.6 Å². The highest BCUT2D eigenvalue weighted by Gasteiger charge is 2.25. The summed E-state index contributed by atoms with van der Waals surface area (Å²) in [7, 11) is 1.66. The third kappa shape index (κ3) is 5.95. The summed E-state index contributed by atoms with van der Waals surface area (Å²) in [6, 6.07) is 8.04. The highest BCUT2D eigenvalue weighted by atomic mass is 127. The number of hydrogen-bond donors (Lipinski definition) is 2. The minimum Gasteiger partial charge on any atom is -0.495 e. The van der Waals surface area contributed by atoms with Crippen LogP contribution in [0, 0.1) is 0 Å². The van der Waals surface area contributed by atoms with Crippen molar-refractivity contribution in [2.75, 3.05) is 38.2 Å². The molecule has 1 saturated heterocycles. The van der Waals surface area contributed by atoms with Crippen molar-refractivity contribution in [1.29, 1.82) is 0 Å². The van der Waals surface area contributed by atoms with E-state index in [-0.39, 0.29) is 30.0 Å². The van der Waals surface area contributed by atoms with Gasteiger partial charge in [-0.2, -0.15) is 0 Å². The molecule has 0 spiro atoms. The predicted molar refractivity (Wildman–Crippen MR) is 104 cm³/mol. The molecule has 1 atom stereocenters. The van der Waals surface area contributed by atoms with Crippen molar-refractivity contribution in [1.82, 2.24) is 10.6 Å². The smallest absolute Gasteiger partial charge is 0.257 e. The van der Waals surface area contributed by atoms with Gasteiger partial charge in [-0.15, -0.1) is 24.0 Å². The maximum absolute atomic E-state index is 12.3. The van der Waals surface area contributed by atoms with Crippen LogP contribution < -0.4 is 20.3 Å². The van der Waals surface area contributed by atoms with E-state index in [4.69, 9.17) is 4.74 Å². The Balaban J connectivity index is 0.00000288. The third-order valence-corrected chi connectivity index (χ3v) is 3.69. The first-order chi connectivity index (χ1) is 11.1. The fraction of sp³-hybridized carbons (Fsp3) is 0.562. The Morgan fingerprint density at radius 1 is 1.42 bits per heavy atom. The third-order valence-electron chi connectivity index (χ3n) is 3.69. The van der Waals surface area contributed by atoms with Crippen molar-refractivity contribution in [3.05, 3.63) is 24.3 Å². The normalized spacial score (nSPS) is 17.6. The summed E-state index contributed by atoms with van der Waals surface area (Å²) in [6.07, 6.45) is -1.52. The molecule has 1 aromatic carbocycles. The first kappa shape index (κ1) is 20.7. The number of guanidine groups is 1. The Hall–Kier alpha value is -1.32. The largest absolute Gasteiger partial charge is 0.495 e. The lowest BCUT2D eigenvalue weighted by atomic mass is 10.2. The summed E-state index contributed by atoms with van der Waals surface area (Å²) >= 11 is 0. The van der Waals surface area contributed by atoms with E-state index in [0.717, 1.165) is 30.9 Å². The number of nitrogens with zero attached hydrogens (tertiary/aromatic N) is 2. The Bertz CT molecular complexity index is 531. The molecular formula is C16H25F2IN4O. The fourth-order valence-corrected chi connectivity index (χ4v) is 2.66. The number of benzene rings is 1. The van der Waals surface area contributed by atoms with Crippen LogP contribution in [0.2, 0.25) is 0 Å². The Morgan fingerprint density at radius 3 is 2.83 bits per heavy atom. The van der Waals surface area contributed by atoms with Crippen molar-refractivity contribution < 1.29 is 13.5 Å². The summed E-state index contributed by atoms with van der Waals surface area (Å²) in [4.78, 5) is 6.14. The topological polar surface area (TPSA) is 48.9 Å². The highest BCUT2D eigenvalue weighted by Crippen LogP contribution is 2.30. The number of alkyl halides is 2. The monoisotopic (exact) mass is 454 g/mol. The van der Waals surface area contributed by atoms with Gasteiger partial charge in [0.15, 0.2) is 5.96 Å². The molecule has 2 rings (SSSR count).